The minimum absolute atomic E-state index is 0.392. The summed E-state index contributed by atoms with van der Waals surface area (Å²) in [5, 5.41) is 16.8. The van der Waals surface area contributed by atoms with E-state index in [4.69, 9.17) is 0 Å². The monoisotopic (exact) mass is 334 g/mol. The summed E-state index contributed by atoms with van der Waals surface area (Å²) >= 11 is 0. The van der Waals surface area contributed by atoms with Crippen LogP contribution in [0.25, 0.3) is 21.9 Å². The van der Waals surface area contributed by atoms with Crippen LogP contribution in [0.5, 0.6) is 0 Å². The normalized spacial score (nSPS) is 36.4. The van der Waals surface area contributed by atoms with Gasteiger partial charge in [0.05, 0.1) is 11.0 Å². The Morgan fingerprint density at radius 3 is 2.68 bits per heavy atom. The van der Waals surface area contributed by atoms with E-state index in [1.807, 2.05) is 6.07 Å². The molecule has 0 spiro atoms. The van der Waals surface area contributed by atoms with Crippen molar-refractivity contribution in [3.05, 3.63) is 30.6 Å². The van der Waals surface area contributed by atoms with Crippen molar-refractivity contribution in [2.24, 2.45) is 17.8 Å². The van der Waals surface area contributed by atoms with E-state index in [0.29, 0.717) is 17.9 Å². The number of hydrogen-bond acceptors (Lipinski definition) is 4. The summed E-state index contributed by atoms with van der Waals surface area (Å²) in [6.45, 7) is 0. The summed E-state index contributed by atoms with van der Waals surface area (Å²) < 4.78 is 0. The predicted molar refractivity (Wildman–Crippen MR) is 97.3 cm³/mol. The molecule has 3 aromatic rings. The number of fused-ring (bicyclic) bond motifs is 3. The van der Waals surface area contributed by atoms with E-state index in [9.17, 15) is 5.11 Å². The molecule has 1 aromatic carbocycles. The van der Waals surface area contributed by atoms with Crippen molar-refractivity contribution in [2.45, 2.75) is 43.7 Å². The molecule has 0 radical (unpaired) electrons. The van der Waals surface area contributed by atoms with E-state index in [0.717, 1.165) is 47.5 Å². The standard InChI is InChI=1S/C20H22N4O/c25-20-7-11-5-12(8-20)17(13(6-11)9-20)24-19-16-14-3-1-2-4-15(14)23-18(16)21-10-22-19/h1-4,10-13,17,25H,5-9H2,(H2,21,22,23,24). The number of benzene rings is 1. The first-order valence-electron chi connectivity index (χ1n) is 9.39. The zero-order valence-electron chi connectivity index (χ0n) is 14.1. The second-order valence-corrected chi connectivity index (χ2v) is 8.48. The molecule has 3 N–H and O–H groups in total. The summed E-state index contributed by atoms with van der Waals surface area (Å²) in [7, 11) is 0. The van der Waals surface area contributed by atoms with Crippen molar-refractivity contribution in [1.29, 1.82) is 0 Å². The van der Waals surface area contributed by atoms with Gasteiger partial charge in [0.2, 0.25) is 0 Å². The Morgan fingerprint density at radius 1 is 1.08 bits per heavy atom. The Labute approximate surface area is 145 Å². The topological polar surface area (TPSA) is 73.8 Å². The number of aliphatic hydroxyl groups is 1. The maximum Gasteiger partial charge on any atom is 0.143 e. The molecular weight excluding hydrogens is 312 g/mol. The Bertz CT molecular complexity index is 964. The third-order valence-electron chi connectivity index (χ3n) is 6.84. The number of aromatic nitrogens is 3. The van der Waals surface area contributed by atoms with Crippen LogP contribution in [-0.2, 0) is 0 Å². The fourth-order valence-corrected chi connectivity index (χ4v) is 6.16. The molecule has 0 amide bonds. The van der Waals surface area contributed by atoms with Crippen LogP contribution in [0.15, 0.2) is 30.6 Å². The van der Waals surface area contributed by atoms with Gasteiger partial charge in [-0.15, -0.1) is 0 Å². The first kappa shape index (κ1) is 14.1. The van der Waals surface area contributed by atoms with Gasteiger partial charge in [0.1, 0.15) is 17.8 Å². The number of H-pyrrole nitrogens is 1. The summed E-state index contributed by atoms with van der Waals surface area (Å²) in [5.41, 5.74) is 1.60. The molecule has 2 atom stereocenters. The van der Waals surface area contributed by atoms with Gasteiger partial charge in [-0.1, -0.05) is 18.2 Å². The molecule has 5 heteroatoms. The lowest BCUT2D eigenvalue weighted by molar-refractivity contribution is -0.129. The summed E-state index contributed by atoms with van der Waals surface area (Å²) in [4.78, 5) is 12.4. The number of aromatic amines is 1. The smallest absolute Gasteiger partial charge is 0.143 e. The van der Waals surface area contributed by atoms with Gasteiger partial charge in [-0.3, -0.25) is 0 Å². The number of nitrogens with zero attached hydrogens (tertiary/aromatic N) is 2. The second kappa shape index (κ2) is 4.73. The van der Waals surface area contributed by atoms with Gasteiger partial charge < -0.3 is 15.4 Å². The third kappa shape index (κ3) is 1.99. The van der Waals surface area contributed by atoms with E-state index in [2.05, 4.69) is 38.5 Å². The van der Waals surface area contributed by atoms with Gasteiger partial charge in [-0.2, -0.15) is 0 Å². The maximum absolute atomic E-state index is 10.8. The van der Waals surface area contributed by atoms with Crippen LogP contribution >= 0.6 is 0 Å². The number of para-hydroxylation sites is 1. The number of anilines is 1. The van der Waals surface area contributed by atoms with Crippen LogP contribution in [0.1, 0.15) is 32.1 Å². The molecule has 2 heterocycles. The second-order valence-electron chi connectivity index (χ2n) is 8.48. The van der Waals surface area contributed by atoms with E-state index >= 15 is 0 Å². The molecule has 5 nitrogen and oxygen atoms in total. The zero-order valence-corrected chi connectivity index (χ0v) is 14.1. The van der Waals surface area contributed by atoms with Gasteiger partial charge in [-0.05, 0) is 55.9 Å². The molecule has 0 saturated heterocycles. The molecule has 0 aliphatic heterocycles. The lowest BCUT2D eigenvalue weighted by Crippen LogP contribution is -2.59. The number of rotatable bonds is 2. The van der Waals surface area contributed by atoms with Crippen LogP contribution in [0.3, 0.4) is 0 Å². The van der Waals surface area contributed by atoms with Crippen molar-refractivity contribution in [1.82, 2.24) is 15.0 Å². The fourth-order valence-electron chi connectivity index (χ4n) is 6.16. The molecule has 128 valence electrons. The van der Waals surface area contributed by atoms with Crippen molar-refractivity contribution in [2.75, 3.05) is 5.32 Å². The molecule has 4 fully saturated rings. The number of hydrogen-bond donors (Lipinski definition) is 3. The van der Waals surface area contributed by atoms with Gasteiger partial charge in [-0.25, -0.2) is 9.97 Å². The Balaban J connectivity index is 1.43. The minimum Gasteiger partial charge on any atom is -0.390 e. The average molecular weight is 334 g/mol. The van der Waals surface area contributed by atoms with E-state index in [1.54, 1.807) is 6.33 Å². The molecule has 4 aliphatic carbocycles. The molecule has 7 rings (SSSR count). The molecule has 2 unspecified atom stereocenters. The van der Waals surface area contributed by atoms with Crippen LogP contribution in [0.2, 0.25) is 0 Å². The highest BCUT2D eigenvalue weighted by molar-refractivity contribution is 6.10. The fraction of sp³-hybridized carbons (Fsp3) is 0.500. The van der Waals surface area contributed by atoms with E-state index in [1.165, 1.54) is 18.2 Å². The van der Waals surface area contributed by atoms with Gasteiger partial charge in [0.25, 0.3) is 0 Å². The van der Waals surface area contributed by atoms with Crippen LogP contribution in [0.4, 0.5) is 5.82 Å². The van der Waals surface area contributed by atoms with Gasteiger partial charge >= 0.3 is 0 Å². The third-order valence-corrected chi connectivity index (χ3v) is 6.84. The highest BCUT2D eigenvalue weighted by Gasteiger charge is 2.54. The summed E-state index contributed by atoms with van der Waals surface area (Å²) in [6.07, 6.45) is 7.05. The molecule has 4 aliphatic rings. The van der Waals surface area contributed by atoms with E-state index < -0.39 is 5.60 Å². The minimum atomic E-state index is -0.392. The first-order chi connectivity index (χ1) is 12.2. The molecular formula is C20H22N4O. The van der Waals surface area contributed by atoms with Crippen molar-refractivity contribution in [3.63, 3.8) is 0 Å². The van der Waals surface area contributed by atoms with Gasteiger partial charge in [0, 0.05) is 16.9 Å². The highest BCUT2D eigenvalue weighted by Crippen LogP contribution is 2.56. The maximum atomic E-state index is 10.8. The van der Waals surface area contributed by atoms with Gasteiger partial charge in [0.15, 0.2) is 0 Å². The van der Waals surface area contributed by atoms with Crippen molar-refractivity contribution in [3.8, 4) is 0 Å². The zero-order chi connectivity index (χ0) is 16.6. The summed E-state index contributed by atoms with van der Waals surface area (Å²) in [6, 6.07) is 8.73. The molecule has 4 saturated carbocycles. The van der Waals surface area contributed by atoms with Crippen LogP contribution in [-0.4, -0.2) is 31.7 Å². The Kier molecular flexibility index (Phi) is 2.66. The summed E-state index contributed by atoms with van der Waals surface area (Å²) in [5.74, 6) is 2.78. The predicted octanol–water partition coefficient (Wildman–Crippen LogP) is 3.46. The molecule has 4 bridgehead atoms. The first-order valence-corrected chi connectivity index (χ1v) is 9.39. The Hall–Kier alpha value is -2.14. The highest BCUT2D eigenvalue weighted by atomic mass is 16.3. The Morgan fingerprint density at radius 2 is 1.88 bits per heavy atom. The van der Waals surface area contributed by atoms with Crippen LogP contribution < -0.4 is 5.32 Å². The lowest BCUT2D eigenvalue weighted by atomic mass is 9.52. The molecule has 2 aromatic heterocycles. The average Bonchev–Trinajstić information content (AvgIpc) is 2.96. The number of nitrogens with one attached hydrogen (secondary N) is 2. The quantitative estimate of drug-likeness (QED) is 0.671. The lowest BCUT2D eigenvalue weighted by Gasteiger charge is -2.58. The van der Waals surface area contributed by atoms with Crippen LogP contribution in [0, 0.1) is 17.8 Å². The van der Waals surface area contributed by atoms with Crippen molar-refractivity contribution >= 4 is 27.8 Å². The van der Waals surface area contributed by atoms with E-state index in [-0.39, 0.29) is 0 Å². The largest absolute Gasteiger partial charge is 0.390 e. The van der Waals surface area contributed by atoms with Crippen molar-refractivity contribution < 1.29 is 5.11 Å². The SMILES string of the molecule is OC12CC3CC(C1)C(Nc1ncnc4[nH]c5ccccc5c14)C(C3)C2. The molecule has 25 heavy (non-hydrogen) atoms.